The number of pyridine rings is 1. The molecule has 0 bridgehead atoms. The molecule has 100 valence electrons. The van der Waals surface area contributed by atoms with Gasteiger partial charge in [-0.2, -0.15) is 0 Å². The zero-order chi connectivity index (χ0) is 14.2. The molecule has 3 aromatic rings. The number of fused-ring (bicyclic) bond motifs is 1. The van der Waals surface area contributed by atoms with Crippen LogP contribution in [0.15, 0.2) is 60.8 Å². The zero-order valence-corrected chi connectivity index (χ0v) is 13.2. The Bertz CT molecular complexity index is 734. The fraction of sp³-hybridized carbons (Fsp3) is 0.167. The van der Waals surface area contributed by atoms with Crippen molar-refractivity contribution in [1.82, 2.24) is 4.98 Å². The second-order valence-electron chi connectivity index (χ2n) is 6.21. The largest absolute Gasteiger partial charge is 0.256 e. The average Bonchev–Trinajstić information content (AvgIpc) is 2.46. The van der Waals surface area contributed by atoms with E-state index in [-0.39, 0.29) is 0 Å². The molecule has 1 heterocycles. The molecule has 0 fully saturated rings. The average molecular weight is 277 g/mol. The highest BCUT2D eigenvalue weighted by Gasteiger charge is 2.16. The number of hydrogen-bond donors (Lipinski definition) is 0. The third-order valence-electron chi connectivity index (χ3n) is 3.70. The summed E-state index contributed by atoms with van der Waals surface area (Å²) in [5, 5.41) is 3.94. The molecule has 0 atom stereocenters. The molecule has 0 spiro atoms. The summed E-state index contributed by atoms with van der Waals surface area (Å²) in [6.45, 7) is 7.05. The van der Waals surface area contributed by atoms with Gasteiger partial charge in [0, 0.05) is 11.8 Å². The van der Waals surface area contributed by atoms with Gasteiger partial charge in [0.15, 0.2) is 0 Å². The molecule has 1 aromatic heterocycles. The van der Waals surface area contributed by atoms with E-state index in [4.69, 9.17) is 4.98 Å². The number of benzene rings is 2. The van der Waals surface area contributed by atoms with Gasteiger partial charge in [-0.3, -0.25) is 4.98 Å². The van der Waals surface area contributed by atoms with E-state index in [0.717, 1.165) is 5.69 Å². The van der Waals surface area contributed by atoms with E-state index < -0.39 is 8.07 Å². The Hall–Kier alpha value is -1.93. The van der Waals surface area contributed by atoms with Gasteiger partial charge in [0.2, 0.25) is 0 Å². The first-order valence-corrected chi connectivity index (χ1v) is 10.5. The Balaban J connectivity index is 2.12. The first-order chi connectivity index (χ1) is 9.55. The smallest absolute Gasteiger partial charge is 0.0796 e. The quantitative estimate of drug-likeness (QED) is 0.631. The van der Waals surface area contributed by atoms with Crippen LogP contribution in [0.3, 0.4) is 0 Å². The summed E-state index contributed by atoms with van der Waals surface area (Å²) in [4.78, 5) is 4.70. The summed E-state index contributed by atoms with van der Waals surface area (Å²) in [7, 11) is -1.27. The molecule has 0 unspecified atom stereocenters. The van der Waals surface area contributed by atoms with Gasteiger partial charge in [-0.1, -0.05) is 68.2 Å². The van der Waals surface area contributed by atoms with Crippen molar-refractivity contribution in [2.75, 3.05) is 0 Å². The van der Waals surface area contributed by atoms with Crippen LogP contribution in [0.1, 0.15) is 0 Å². The molecule has 0 N–H and O–H groups in total. The molecule has 0 saturated carbocycles. The number of hydrogen-bond acceptors (Lipinski definition) is 1. The van der Waals surface area contributed by atoms with Crippen LogP contribution in [-0.2, 0) is 0 Å². The van der Waals surface area contributed by atoms with E-state index in [2.05, 4.69) is 80.4 Å². The van der Waals surface area contributed by atoms with Crippen molar-refractivity contribution >= 4 is 24.0 Å². The van der Waals surface area contributed by atoms with E-state index in [1.165, 1.54) is 21.5 Å². The summed E-state index contributed by atoms with van der Waals surface area (Å²) in [5.74, 6) is 0. The lowest BCUT2D eigenvalue weighted by molar-refractivity contribution is 1.34. The number of nitrogens with zero attached hydrogens (tertiary/aromatic N) is 1. The van der Waals surface area contributed by atoms with Crippen LogP contribution in [0.5, 0.6) is 0 Å². The Kier molecular flexibility index (Phi) is 3.18. The molecule has 0 radical (unpaired) electrons. The summed E-state index contributed by atoms with van der Waals surface area (Å²) >= 11 is 0. The number of rotatable bonds is 2. The van der Waals surface area contributed by atoms with Crippen molar-refractivity contribution in [2.45, 2.75) is 19.6 Å². The van der Waals surface area contributed by atoms with Gasteiger partial charge < -0.3 is 0 Å². The van der Waals surface area contributed by atoms with Crippen molar-refractivity contribution in [1.29, 1.82) is 0 Å². The second kappa shape index (κ2) is 4.87. The highest BCUT2D eigenvalue weighted by molar-refractivity contribution is 6.88. The van der Waals surface area contributed by atoms with E-state index in [1.54, 1.807) is 0 Å². The van der Waals surface area contributed by atoms with Gasteiger partial charge in [-0.25, -0.2) is 0 Å². The van der Waals surface area contributed by atoms with Crippen molar-refractivity contribution in [3.63, 3.8) is 0 Å². The fourth-order valence-corrected chi connectivity index (χ4v) is 3.48. The molecule has 0 amide bonds. The van der Waals surface area contributed by atoms with E-state index in [0.29, 0.717) is 0 Å². The standard InChI is InChI=1S/C18H19NSi/c1-20(2,3)15-11-12-18(19-13-15)17-10-6-8-14-7-4-5-9-16(14)17/h4-13H,1-3H3. The molecule has 1 nitrogen and oxygen atoms in total. The first-order valence-electron chi connectivity index (χ1n) is 7.00. The van der Waals surface area contributed by atoms with Crippen LogP contribution >= 0.6 is 0 Å². The maximum atomic E-state index is 4.70. The Labute approximate surface area is 121 Å². The van der Waals surface area contributed by atoms with Gasteiger partial charge in [-0.05, 0) is 22.0 Å². The molecule has 20 heavy (non-hydrogen) atoms. The molecule has 2 aromatic carbocycles. The molecule has 3 rings (SSSR count). The van der Waals surface area contributed by atoms with Crippen molar-refractivity contribution in [2.24, 2.45) is 0 Å². The fourth-order valence-electron chi connectivity index (χ4n) is 2.45. The van der Waals surface area contributed by atoms with Crippen LogP contribution in [0.25, 0.3) is 22.0 Å². The maximum Gasteiger partial charge on any atom is 0.0796 e. The Morgan fingerprint density at radius 3 is 2.25 bits per heavy atom. The van der Waals surface area contributed by atoms with Gasteiger partial charge in [0.1, 0.15) is 0 Å². The summed E-state index contributed by atoms with van der Waals surface area (Å²) in [6, 6.07) is 19.3. The molecule has 0 aliphatic carbocycles. The van der Waals surface area contributed by atoms with Gasteiger partial charge >= 0.3 is 0 Å². The highest BCUT2D eigenvalue weighted by atomic mass is 28.3. The monoisotopic (exact) mass is 277 g/mol. The molecular formula is C18H19NSi. The Morgan fingerprint density at radius 1 is 0.800 bits per heavy atom. The first kappa shape index (κ1) is 13.1. The van der Waals surface area contributed by atoms with Crippen LogP contribution in [0.2, 0.25) is 19.6 Å². The molecular weight excluding hydrogens is 258 g/mol. The maximum absolute atomic E-state index is 4.70. The third kappa shape index (κ3) is 2.39. The Morgan fingerprint density at radius 2 is 1.55 bits per heavy atom. The summed E-state index contributed by atoms with van der Waals surface area (Å²) in [5.41, 5.74) is 2.27. The lowest BCUT2D eigenvalue weighted by Crippen LogP contribution is -2.37. The van der Waals surface area contributed by atoms with Crippen LogP contribution in [-0.4, -0.2) is 13.1 Å². The van der Waals surface area contributed by atoms with E-state index in [9.17, 15) is 0 Å². The second-order valence-corrected chi connectivity index (χ2v) is 11.3. The molecule has 2 heteroatoms. The van der Waals surface area contributed by atoms with Crippen molar-refractivity contribution in [3.8, 4) is 11.3 Å². The molecule has 0 aliphatic heterocycles. The van der Waals surface area contributed by atoms with Gasteiger partial charge in [-0.15, -0.1) is 0 Å². The predicted molar refractivity (Wildman–Crippen MR) is 90.2 cm³/mol. The van der Waals surface area contributed by atoms with Crippen molar-refractivity contribution < 1.29 is 0 Å². The van der Waals surface area contributed by atoms with Crippen molar-refractivity contribution in [3.05, 3.63) is 60.8 Å². The normalized spacial score (nSPS) is 11.8. The van der Waals surface area contributed by atoms with E-state index >= 15 is 0 Å². The van der Waals surface area contributed by atoms with Crippen LogP contribution in [0.4, 0.5) is 0 Å². The molecule has 0 saturated heterocycles. The van der Waals surface area contributed by atoms with E-state index in [1.807, 2.05) is 0 Å². The number of aromatic nitrogens is 1. The molecule has 0 aliphatic rings. The predicted octanol–water partition coefficient (Wildman–Crippen LogP) is 4.45. The van der Waals surface area contributed by atoms with Gasteiger partial charge in [0.05, 0.1) is 13.8 Å². The van der Waals surface area contributed by atoms with Crippen LogP contribution in [0, 0.1) is 0 Å². The summed E-state index contributed by atoms with van der Waals surface area (Å²) < 4.78 is 0. The zero-order valence-electron chi connectivity index (χ0n) is 12.2. The summed E-state index contributed by atoms with van der Waals surface area (Å²) in [6.07, 6.45) is 2.06. The highest BCUT2D eigenvalue weighted by Crippen LogP contribution is 2.26. The minimum atomic E-state index is -1.27. The third-order valence-corrected chi connectivity index (χ3v) is 5.72. The van der Waals surface area contributed by atoms with Gasteiger partial charge in [0.25, 0.3) is 0 Å². The minimum Gasteiger partial charge on any atom is -0.256 e. The minimum absolute atomic E-state index is 1.06. The lowest BCUT2D eigenvalue weighted by atomic mass is 10.0. The SMILES string of the molecule is C[Si](C)(C)c1ccc(-c2cccc3ccccc23)nc1. The van der Waals surface area contributed by atoms with Crippen LogP contribution < -0.4 is 5.19 Å². The topological polar surface area (TPSA) is 12.9 Å². The lowest BCUT2D eigenvalue weighted by Gasteiger charge is -2.16.